The van der Waals surface area contributed by atoms with Crippen molar-refractivity contribution in [2.75, 3.05) is 19.6 Å². The molecular formula is C24H32N4O3. The van der Waals surface area contributed by atoms with Crippen LogP contribution < -0.4 is 0 Å². The van der Waals surface area contributed by atoms with Crippen LogP contribution in [0.15, 0.2) is 36.4 Å². The summed E-state index contributed by atoms with van der Waals surface area (Å²) in [5.41, 5.74) is 2.37. The number of hydrogen-bond acceptors (Lipinski definition) is 4. The molecule has 1 saturated heterocycles. The number of carbonyl (C=O) groups is 2. The molecule has 4 rings (SSSR count). The SMILES string of the molecule is Cc1cc(C(=O)N2CC(=O)N(C3CCCCC3)CC(OCc3ccccc3)C2)n(C)n1. The Morgan fingerprint density at radius 2 is 1.87 bits per heavy atom. The highest BCUT2D eigenvalue weighted by Gasteiger charge is 2.35. The highest BCUT2D eigenvalue weighted by Crippen LogP contribution is 2.25. The first kappa shape index (κ1) is 21.6. The van der Waals surface area contributed by atoms with Gasteiger partial charge < -0.3 is 14.5 Å². The number of benzene rings is 1. The van der Waals surface area contributed by atoms with Gasteiger partial charge in [-0.05, 0) is 31.4 Å². The topological polar surface area (TPSA) is 67.7 Å². The van der Waals surface area contributed by atoms with Crippen molar-refractivity contribution in [1.82, 2.24) is 19.6 Å². The van der Waals surface area contributed by atoms with Gasteiger partial charge in [0.25, 0.3) is 5.91 Å². The number of nitrogens with zero attached hydrogens (tertiary/aromatic N) is 4. The first-order valence-electron chi connectivity index (χ1n) is 11.3. The zero-order valence-electron chi connectivity index (χ0n) is 18.5. The molecule has 1 aromatic carbocycles. The number of aryl methyl sites for hydroxylation is 2. The molecule has 1 unspecified atom stereocenters. The van der Waals surface area contributed by atoms with Crippen molar-refractivity contribution in [3.8, 4) is 0 Å². The van der Waals surface area contributed by atoms with Crippen molar-refractivity contribution in [2.45, 2.75) is 57.8 Å². The molecule has 2 amide bonds. The summed E-state index contributed by atoms with van der Waals surface area (Å²) in [5, 5.41) is 4.30. The van der Waals surface area contributed by atoms with Crippen LogP contribution in [0.2, 0.25) is 0 Å². The van der Waals surface area contributed by atoms with Crippen LogP contribution in [-0.2, 0) is 23.2 Å². The lowest BCUT2D eigenvalue weighted by molar-refractivity contribution is -0.134. The van der Waals surface area contributed by atoms with Crippen molar-refractivity contribution >= 4 is 11.8 Å². The maximum atomic E-state index is 13.3. The number of hydrogen-bond donors (Lipinski definition) is 0. The summed E-state index contributed by atoms with van der Waals surface area (Å²) < 4.78 is 7.85. The Morgan fingerprint density at radius 3 is 2.55 bits per heavy atom. The normalized spacial score (nSPS) is 20.7. The Kier molecular flexibility index (Phi) is 6.70. The van der Waals surface area contributed by atoms with Crippen LogP contribution in [0.5, 0.6) is 0 Å². The minimum absolute atomic E-state index is 0.0185. The van der Waals surface area contributed by atoms with E-state index in [0.29, 0.717) is 25.4 Å². The maximum absolute atomic E-state index is 13.3. The van der Waals surface area contributed by atoms with Crippen LogP contribution in [0, 0.1) is 6.92 Å². The molecule has 0 bridgehead atoms. The molecule has 0 radical (unpaired) electrons. The fourth-order valence-electron chi connectivity index (χ4n) is 4.71. The van der Waals surface area contributed by atoms with Crippen molar-refractivity contribution < 1.29 is 14.3 Å². The zero-order chi connectivity index (χ0) is 21.8. The fourth-order valence-corrected chi connectivity index (χ4v) is 4.71. The summed E-state index contributed by atoms with van der Waals surface area (Å²) in [6, 6.07) is 12.0. The third-order valence-corrected chi connectivity index (χ3v) is 6.32. The monoisotopic (exact) mass is 424 g/mol. The largest absolute Gasteiger partial charge is 0.370 e. The van der Waals surface area contributed by atoms with E-state index < -0.39 is 0 Å². The number of aromatic nitrogens is 2. The molecule has 7 heteroatoms. The summed E-state index contributed by atoms with van der Waals surface area (Å²) >= 11 is 0. The van der Waals surface area contributed by atoms with Crippen LogP contribution in [0.25, 0.3) is 0 Å². The van der Waals surface area contributed by atoms with Gasteiger partial charge in [-0.2, -0.15) is 5.10 Å². The molecule has 1 saturated carbocycles. The van der Waals surface area contributed by atoms with Gasteiger partial charge in [0.15, 0.2) is 0 Å². The smallest absolute Gasteiger partial charge is 0.272 e. The molecule has 2 fully saturated rings. The highest BCUT2D eigenvalue weighted by atomic mass is 16.5. The summed E-state index contributed by atoms with van der Waals surface area (Å²) in [7, 11) is 1.76. The van der Waals surface area contributed by atoms with Crippen molar-refractivity contribution in [3.63, 3.8) is 0 Å². The second-order valence-corrected chi connectivity index (χ2v) is 8.74. The fraction of sp³-hybridized carbons (Fsp3) is 0.542. The Bertz CT molecular complexity index is 905. The quantitative estimate of drug-likeness (QED) is 0.740. The third-order valence-electron chi connectivity index (χ3n) is 6.32. The Balaban J connectivity index is 1.54. The second-order valence-electron chi connectivity index (χ2n) is 8.74. The maximum Gasteiger partial charge on any atom is 0.272 e. The molecule has 1 aromatic heterocycles. The van der Waals surface area contributed by atoms with Gasteiger partial charge >= 0.3 is 0 Å². The van der Waals surface area contributed by atoms with E-state index in [2.05, 4.69) is 5.10 Å². The Hall–Kier alpha value is -2.67. The molecule has 2 aliphatic rings. The lowest BCUT2D eigenvalue weighted by Gasteiger charge is -2.34. The molecule has 166 valence electrons. The average Bonchev–Trinajstić information content (AvgIpc) is 3.03. The molecule has 0 N–H and O–H groups in total. The van der Waals surface area contributed by atoms with E-state index in [1.54, 1.807) is 22.7 Å². The van der Waals surface area contributed by atoms with E-state index in [1.165, 1.54) is 6.42 Å². The Morgan fingerprint density at radius 1 is 1.13 bits per heavy atom. The van der Waals surface area contributed by atoms with Crippen molar-refractivity contribution in [3.05, 3.63) is 53.3 Å². The van der Waals surface area contributed by atoms with Crippen LogP contribution >= 0.6 is 0 Å². The molecule has 1 atom stereocenters. The first-order valence-corrected chi connectivity index (χ1v) is 11.3. The average molecular weight is 425 g/mol. The van der Waals surface area contributed by atoms with Gasteiger partial charge in [0.2, 0.25) is 5.91 Å². The second kappa shape index (κ2) is 9.64. The first-order chi connectivity index (χ1) is 15.0. The van der Waals surface area contributed by atoms with E-state index in [1.807, 2.05) is 42.2 Å². The lowest BCUT2D eigenvalue weighted by Crippen LogP contribution is -2.46. The van der Waals surface area contributed by atoms with Gasteiger partial charge in [0, 0.05) is 26.2 Å². The minimum atomic E-state index is -0.230. The summed E-state index contributed by atoms with van der Waals surface area (Å²) in [6.07, 6.45) is 5.38. The zero-order valence-corrected chi connectivity index (χ0v) is 18.5. The van der Waals surface area contributed by atoms with Crippen LogP contribution in [-0.4, -0.2) is 63.2 Å². The predicted molar refractivity (Wildman–Crippen MR) is 117 cm³/mol. The summed E-state index contributed by atoms with van der Waals surface area (Å²) in [4.78, 5) is 30.1. The van der Waals surface area contributed by atoms with E-state index in [-0.39, 0.29) is 30.5 Å². The third kappa shape index (κ3) is 5.15. The van der Waals surface area contributed by atoms with E-state index >= 15 is 0 Å². The molecule has 2 aromatic rings. The number of amides is 2. The van der Waals surface area contributed by atoms with Gasteiger partial charge in [0.1, 0.15) is 12.2 Å². The molecule has 0 spiro atoms. The molecule has 7 nitrogen and oxygen atoms in total. The molecular weight excluding hydrogens is 392 g/mol. The van der Waals surface area contributed by atoms with Crippen LogP contribution in [0.1, 0.15) is 53.8 Å². The predicted octanol–water partition coefficient (Wildman–Crippen LogP) is 2.93. The minimum Gasteiger partial charge on any atom is -0.370 e. The van der Waals surface area contributed by atoms with Crippen molar-refractivity contribution in [1.29, 1.82) is 0 Å². The van der Waals surface area contributed by atoms with E-state index in [9.17, 15) is 9.59 Å². The number of carbonyl (C=O) groups excluding carboxylic acids is 2. The van der Waals surface area contributed by atoms with Crippen molar-refractivity contribution in [2.24, 2.45) is 7.05 Å². The van der Waals surface area contributed by atoms with Gasteiger partial charge in [-0.3, -0.25) is 14.3 Å². The molecule has 31 heavy (non-hydrogen) atoms. The number of ether oxygens (including phenoxy) is 1. The van der Waals surface area contributed by atoms with Gasteiger partial charge in [-0.15, -0.1) is 0 Å². The van der Waals surface area contributed by atoms with Crippen LogP contribution in [0.4, 0.5) is 0 Å². The molecule has 1 aliphatic heterocycles. The van der Waals surface area contributed by atoms with Gasteiger partial charge in [-0.1, -0.05) is 49.6 Å². The highest BCUT2D eigenvalue weighted by molar-refractivity contribution is 5.95. The van der Waals surface area contributed by atoms with E-state index in [0.717, 1.165) is 36.9 Å². The van der Waals surface area contributed by atoms with Crippen LogP contribution in [0.3, 0.4) is 0 Å². The Labute approximate surface area is 184 Å². The molecule has 2 heterocycles. The van der Waals surface area contributed by atoms with E-state index in [4.69, 9.17) is 4.74 Å². The molecule has 1 aliphatic carbocycles. The van der Waals surface area contributed by atoms with Gasteiger partial charge in [-0.25, -0.2) is 0 Å². The summed E-state index contributed by atoms with van der Waals surface area (Å²) in [5.74, 6) is -0.153. The summed E-state index contributed by atoms with van der Waals surface area (Å²) in [6.45, 7) is 3.34. The number of rotatable bonds is 5. The van der Waals surface area contributed by atoms with Gasteiger partial charge in [0.05, 0.1) is 18.4 Å². The standard InChI is InChI=1S/C24H32N4O3/c1-18-13-22(26(2)25-18)24(30)27-14-21(31-17-19-9-5-3-6-10-19)15-28(23(29)16-27)20-11-7-4-8-12-20/h3,5-6,9-10,13,20-21H,4,7-8,11-12,14-17H2,1-2H3. The lowest BCUT2D eigenvalue weighted by atomic mass is 9.94.